The first-order valence-electron chi connectivity index (χ1n) is 12.1. The van der Waals surface area contributed by atoms with Gasteiger partial charge >= 0.3 is 0 Å². The Balaban J connectivity index is 1.57. The molecule has 3 aromatic rings. The van der Waals surface area contributed by atoms with E-state index in [4.69, 9.17) is 15.2 Å². The number of hydrogen-bond acceptors (Lipinski definition) is 11. The molecule has 0 aliphatic carbocycles. The third-order valence-electron chi connectivity index (χ3n) is 6.85. The van der Waals surface area contributed by atoms with Crippen LogP contribution >= 0.6 is 22.7 Å². The molecule has 5 rings (SSSR count). The van der Waals surface area contributed by atoms with Gasteiger partial charge in [0.2, 0.25) is 9.84 Å². The number of nitrogens with two attached hydrogens (primary N) is 1. The van der Waals surface area contributed by atoms with Crippen molar-refractivity contribution in [2.45, 2.75) is 42.9 Å². The van der Waals surface area contributed by atoms with E-state index in [0.29, 0.717) is 23.1 Å². The van der Waals surface area contributed by atoms with E-state index in [-0.39, 0.29) is 5.92 Å². The molecule has 9 nitrogen and oxygen atoms in total. The molecule has 3 atom stereocenters. The number of hydrogen-bond donors (Lipinski definition) is 3. The standard InChI is InChI=1S/C24H32N6O3S3/c1-14(2)22-27-17-7-12-34-21(17)24(25,28-22)16(4)23(30-10-8-26-9-11-30)36(31,32)20-6-5-19(35-20)18-13-15(3)29-33-18/h5-7,12-14,16,23,26H,8-11,25H2,1-4H3,(H,27,28). The average Bonchev–Trinajstić information content (AvgIpc) is 3.60. The number of thiophene rings is 2. The predicted molar refractivity (Wildman–Crippen MR) is 144 cm³/mol. The summed E-state index contributed by atoms with van der Waals surface area (Å²) in [5, 5.41) is 11.9. The van der Waals surface area contributed by atoms with Crippen LogP contribution in [0.1, 0.15) is 31.3 Å². The number of sulfone groups is 1. The maximum atomic E-state index is 14.4. The van der Waals surface area contributed by atoms with Crippen molar-refractivity contribution in [3.05, 3.63) is 40.2 Å². The zero-order chi connectivity index (χ0) is 25.7. The summed E-state index contributed by atoms with van der Waals surface area (Å²) < 4.78 is 34.4. The van der Waals surface area contributed by atoms with Gasteiger partial charge in [-0.25, -0.2) is 13.4 Å². The van der Waals surface area contributed by atoms with E-state index in [9.17, 15) is 8.42 Å². The number of aliphatic imine (C=N–C) groups is 1. The number of aromatic nitrogens is 1. The van der Waals surface area contributed by atoms with Crippen molar-refractivity contribution in [2.24, 2.45) is 22.6 Å². The molecule has 4 N–H and O–H groups in total. The monoisotopic (exact) mass is 548 g/mol. The Morgan fingerprint density at radius 2 is 1.94 bits per heavy atom. The van der Waals surface area contributed by atoms with E-state index in [1.54, 1.807) is 12.1 Å². The molecule has 5 heterocycles. The largest absolute Gasteiger partial charge is 0.355 e. The molecule has 36 heavy (non-hydrogen) atoms. The Morgan fingerprint density at radius 3 is 2.61 bits per heavy atom. The maximum absolute atomic E-state index is 14.4. The number of nitrogens with one attached hydrogen (secondary N) is 2. The third-order valence-corrected chi connectivity index (χ3v) is 11.8. The molecule has 194 valence electrons. The smallest absolute Gasteiger partial charge is 0.204 e. The summed E-state index contributed by atoms with van der Waals surface area (Å²) in [6.45, 7) is 10.6. The Kier molecular flexibility index (Phi) is 6.85. The van der Waals surface area contributed by atoms with Gasteiger partial charge in [0.25, 0.3) is 0 Å². The highest BCUT2D eigenvalue weighted by Gasteiger charge is 2.50. The molecule has 3 unspecified atom stereocenters. The van der Waals surface area contributed by atoms with Crippen molar-refractivity contribution < 1.29 is 12.9 Å². The molecule has 1 fully saturated rings. The van der Waals surface area contributed by atoms with E-state index in [0.717, 1.165) is 40.1 Å². The summed E-state index contributed by atoms with van der Waals surface area (Å²) in [6.07, 6.45) is 0. The molecule has 0 spiro atoms. The lowest BCUT2D eigenvalue weighted by atomic mass is 9.89. The van der Waals surface area contributed by atoms with Gasteiger partial charge in [0.1, 0.15) is 21.1 Å². The van der Waals surface area contributed by atoms with Crippen LogP contribution in [0.5, 0.6) is 0 Å². The Labute approximate surface area is 219 Å². The molecule has 0 aromatic carbocycles. The van der Waals surface area contributed by atoms with Crippen LogP contribution in [0.25, 0.3) is 10.6 Å². The minimum absolute atomic E-state index is 0.118. The van der Waals surface area contributed by atoms with Crippen LogP contribution < -0.4 is 16.4 Å². The number of amidine groups is 1. The first-order chi connectivity index (χ1) is 17.1. The first kappa shape index (κ1) is 25.6. The van der Waals surface area contributed by atoms with Gasteiger partial charge in [-0.1, -0.05) is 25.9 Å². The Bertz CT molecular complexity index is 1370. The van der Waals surface area contributed by atoms with Gasteiger partial charge in [-0.05, 0) is 30.5 Å². The summed E-state index contributed by atoms with van der Waals surface area (Å²) in [6, 6.07) is 7.22. The van der Waals surface area contributed by atoms with Crippen molar-refractivity contribution >= 4 is 44.0 Å². The summed E-state index contributed by atoms with van der Waals surface area (Å²) in [4.78, 5) is 8.41. The van der Waals surface area contributed by atoms with Crippen molar-refractivity contribution in [1.82, 2.24) is 20.7 Å². The molecular weight excluding hydrogens is 517 g/mol. The van der Waals surface area contributed by atoms with Crippen LogP contribution in [-0.2, 0) is 15.5 Å². The SMILES string of the molecule is Cc1cc(-c2ccc(S(=O)(=O)C(C(C)C3(N)NC(C(C)C)=Nc4ccsc43)N3CCNCC3)s2)on1. The molecule has 0 radical (unpaired) electrons. The maximum Gasteiger partial charge on any atom is 0.204 e. The molecule has 3 aromatic heterocycles. The minimum atomic E-state index is -3.79. The number of nitrogens with zero attached hydrogens (tertiary/aromatic N) is 3. The van der Waals surface area contributed by atoms with Crippen molar-refractivity contribution in [3.63, 3.8) is 0 Å². The zero-order valence-electron chi connectivity index (χ0n) is 20.8. The molecule has 0 bridgehead atoms. The van der Waals surface area contributed by atoms with Crippen LogP contribution in [0.3, 0.4) is 0 Å². The van der Waals surface area contributed by atoms with Gasteiger partial charge < -0.3 is 20.9 Å². The second-order valence-electron chi connectivity index (χ2n) is 9.74. The number of fused-ring (bicyclic) bond motifs is 1. The van der Waals surface area contributed by atoms with E-state index in [1.165, 1.54) is 22.7 Å². The topological polar surface area (TPSA) is 126 Å². The van der Waals surface area contributed by atoms with Gasteiger partial charge in [0, 0.05) is 44.1 Å². The molecule has 1 saturated heterocycles. The molecule has 0 saturated carbocycles. The summed E-state index contributed by atoms with van der Waals surface area (Å²) >= 11 is 2.72. The predicted octanol–water partition coefficient (Wildman–Crippen LogP) is 3.52. The zero-order valence-corrected chi connectivity index (χ0v) is 23.3. The lowest BCUT2D eigenvalue weighted by molar-refractivity contribution is 0.128. The third kappa shape index (κ3) is 4.44. The highest BCUT2D eigenvalue weighted by atomic mass is 32.2. The van der Waals surface area contributed by atoms with Gasteiger partial charge in [0.05, 0.1) is 21.1 Å². The average molecular weight is 549 g/mol. The number of aryl methyl sites for hydroxylation is 1. The van der Waals surface area contributed by atoms with Crippen LogP contribution in [0, 0.1) is 18.8 Å². The highest BCUT2D eigenvalue weighted by molar-refractivity contribution is 7.94. The van der Waals surface area contributed by atoms with E-state index < -0.39 is 26.8 Å². The van der Waals surface area contributed by atoms with Gasteiger partial charge in [-0.3, -0.25) is 4.90 Å². The quantitative estimate of drug-likeness (QED) is 0.410. The molecule has 2 aliphatic rings. The second-order valence-corrected chi connectivity index (χ2v) is 14.0. The normalized spacial score (nSPS) is 22.7. The molecular formula is C24H32N6O3S3. The minimum Gasteiger partial charge on any atom is -0.355 e. The fourth-order valence-electron chi connectivity index (χ4n) is 4.87. The first-order valence-corrected chi connectivity index (χ1v) is 15.3. The van der Waals surface area contributed by atoms with E-state index in [1.807, 2.05) is 31.4 Å². The molecule has 12 heteroatoms. The Hall–Kier alpha value is -2.09. The van der Waals surface area contributed by atoms with Crippen molar-refractivity contribution in [3.8, 4) is 10.6 Å². The van der Waals surface area contributed by atoms with Crippen LogP contribution in [-0.4, -0.2) is 55.9 Å². The summed E-state index contributed by atoms with van der Waals surface area (Å²) in [7, 11) is -3.79. The van der Waals surface area contributed by atoms with Gasteiger partial charge in [-0.15, -0.1) is 22.7 Å². The molecule has 2 aliphatic heterocycles. The van der Waals surface area contributed by atoms with Crippen molar-refractivity contribution in [2.75, 3.05) is 26.2 Å². The molecule has 0 amide bonds. The van der Waals surface area contributed by atoms with E-state index >= 15 is 0 Å². The Morgan fingerprint density at radius 1 is 1.19 bits per heavy atom. The van der Waals surface area contributed by atoms with E-state index in [2.05, 4.69) is 34.5 Å². The highest BCUT2D eigenvalue weighted by Crippen LogP contribution is 2.44. The number of piperazine rings is 1. The van der Waals surface area contributed by atoms with Crippen LogP contribution in [0.4, 0.5) is 5.69 Å². The second kappa shape index (κ2) is 9.66. The fourth-order valence-corrected chi connectivity index (χ4v) is 9.43. The number of rotatable bonds is 7. The fraction of sp³-hybridized carbons (Fsp3) is 0.500. The van der Waals surface area contributed by atoms with Crippen LogP contribution in [0.15, 0.2) is 43.4 Å². The van der Waals surface area contributed by atoms with Gasteiger partial charge in [0.15, 0.2) is 5.76 Å². The van der Waals surface area contributed by atoms with Crippen molar-refractivity contribution in [1.29, 1.82) is 0 Å². The lowest BCUT2D eigenvalue weighted by Crippen LogP contribution is -2.65. The summed E-state index contributed by atoms with van der Waals surface area (Å²) in [5.74, 6) is 0.967. The van der Waals surface area contributed by atoms with Crippen LogP contribution in [0.2, 0.25) is 0 Å². The lowest BCUT2D eigenvalue weighted by Gasteiger charge is -2.46. The van der Waals surface area contributed by atoms with Gasteiger partial charge in [-0.2, -0.15) is 0 Å². The summed E-state index contributed by atoms with van der Waals surface area (Å²) in [5.41, 5.74) is 7.63.